The number of hydrogen-bond donors (Lipinski definition) is 1. The van der Waals surface area contributed by atoms with Gasteiger partial charge in [-0.1, -0.05) is 11.6 Å². The summed E-state index contributed by atoms with van der Waals surface area (Å²) in [5.74, 6) is 1.22. The molecule has 0 aromatic heterocycles. The number of carbonyl (C=O) groups is 1. The first-order chi connectivity index (χ1) is 9.06. The van der Waals surface area contributed by atoms with Gasteiger partial charge >= 0.3 is 0 Å². The minimum atomic E-state index is -0.233. The van der Waals surface area contributed by atoms with E-state index in [1.807, 2.05) is 0 Å². The van der Waals surface area contributed by atoms with Gasteiger partial charge in [-0.15, -0.1) is 0 Å². The van der Waals surface area contributed by atoms with Crippen LogP contribution < -0.4 is 14.8 Å². The van der Waals surface area contributed by atoms with Gasteiger partial charge in [-0.25, -0.2) is 0 Å². The summed E-state index contributed by atoms with van der Waals surface area (Å²) in [5.41, 5.74) is 0.696. The molecule has 0 radical (unpaired) electrons. The number of ether oxygens (including phenoxy) is 2. The minimum absolute atomic E-state index is 0.0778. The third-order valence-corrected chi connectivity index (χ3v) is 3.53. The Morgan fingerprint density at radius 3 is 2.53 bits per heavy atom. The number of rotatable bonds is 4. The summed E-state index contributed by atoms with van der Waals surface area (Å²) in [4.78, 5) is 13.6. The number of nitrogens with zero attached hydrogens (tertiary/aromatic N) is 1. The zero-order valence-electron chi connectivity index (χ0n) is 11.2. The van der Waals surface area contributed by atoms with Gasteiger partial charge in [-0.05, 0) is 12.5 Å². The second-order valence-electron chi connectivity index (χ2n) is 4.43. The number of amides is 1. The van der Waals surface area contributed by atoms with Crippen molar-refractivity contribution in [3.8, 4) is 11.5 Å². The van der Waals surface area contributed by atoms with Crippen molar-refractivity contribution in [1.29, 1.82) is 0 Å². The molecule has 0 aliphatic carbocycles. The van der Waals surface area contributed by atoms with E-state index in [1.54, 1.807) is 38.3 Å². The molecular formula is C13H17ClN2O3. The molecule has 1 N–H and O–H groups in total. The molecule has 1 atom stereocenters. The van der Waals surface area contributed by atoms with Crippen molar-refractivity contribution >= 4 is 23.2 Å². The van der Waals surface area contributed by atoms with Gasteiger partial charge in [0.25, 0.3) is 0 Å². The van der Waals surface area contributed by atoms with E-state index in [0.29, 0.717) is 22.2 Å². The lowest BCUT2D eigenvalue weighted by molar-refractivity contribution is -0.127. The van der Waals surface area contributed by atoms with E-state index in [4.69, 9.17) is 21.1 Å². The fourth-order valence-electron chi connectivity index (χ4n) is 2.12. The number of halogens is 1. The molecule has 0 bridgehead atoms. The number of benzene rings is 1. The standard InChI is InChI=1S/C13H17ClN2O3/c1-16-5-4-9(13(16)17)15-10-6-8(14)11(18-2)7-12(10)19-3/h6-7,9,15H,4-5H2,1-3H3. The van der Waals surface area contributed by atoms with Crippen molar-refractivity contribution in [2.45, 2.75) is 12.5 Å². The lowest BCUT2D eigenvalue weighted by atomic mass is 10.2. The fraction of sp³-hybridized carbons (Fsp3) is 0.462. The van der Waals surface area contributed by atoms with Crippen LogP contribution in [0, 0.1) is 0 Å². The third kappa shape index (κ3) is 2.71. The van der Waals surface area contributed by atoms with E-state index in [0.717, 1.165) is 13.0 Å². The van der Waals surface area contributed by atoms with Gasteiger partial charge in [-0.2, -0.15) is 0 Å². The molecule has 1 fully saturated rings. The van der Waals surface area contributed by atoms with Crippen molar-refractivity contribution in [2.75, 3.05) is 33.1 Å². The first-order valence-corrected chi connectivity index (χ1v) is 6.37. The molecule has 19 heavy (non-hydrogen) atoms. The lowest BCUT2D eigenvalue weighted by Gasteiger charge is -2.17. The highest BCUT2D eigenvalue weighted by Gasteiger charge is 2.29. The van der Waals surface area contributed by atoms with Crippen LogP contribution in [0.4, 0.5) is 5.69 Å². The van der Waals surface area contributed by atoms with Crippen LogP contribution in [0.3, 0.4) is 0 Å². The van der Waals surface area contributed by atoms with Gasteiger partial charge in [0.15, 0.2) is 0 Å². The van der Waals surface area contributed by atoms with Crippen LogP contribution in [-0.2, 0) is 4.79 Å². The molecule has 0 spiro atoms. The van der Waals surface area contributed by atoms with E-state index >= 15 is 0 Å². The lowest BCUT2D eigenvalue weighted by Crippen LogP contribution is -2.31. The molecule has 1 unspecified atom stereocenters. The number of hydrogen-bond acceptors (Lipinski definition) is 4. The van der Waals surface area contributed by atoms with Crippen LogP contribution >= 0.6 is 11.6 Å². The zero-order valence-corrected chi connectivity index (χ0v) is 12.0. The van der Waals surface area contributed by atoms with E-state index in [1.165, 1.54) is 0 Å². The normalized spacial score (nSPS) is 18.6. The first kappa shape index (κ1) is 13.8. The fourth-order valence-corrected chi connectivity index (χ4v) is 2.36. The average molecular weight is 285 g/mol. The molecule has 1 amide bonds. The van der Waals surface area contributed by atoms with Gasteiger partial charge in [0.1, 0.15) is 17.5 Å². The maximum Gasteiger partial charge on any atom is 0.244 e. The maximum atomic E-state index is 11.9. The molecule has 1 aromatic rings. The monoisotopic (exact) mass is 284 g/mol. The first-order valence-electron chi connectivity index (χ1n) is 6.00. The third-order valence-electron chi connectivity index (χ3n) is 3.23. The molecule has 104 valence electrons. The van der Waals surface area contributed by atoms with Crippen LogP contribution in [0.5, 0.6) is 11.5 Å². The molecule has 1 aromatic carbocycles. The molecule has 1 saturated heterocycles. The number of carbonyl (C=O) groups excluding carboxylic acids is 1. The largest absolute Gasteiger partial charge is 0.495 e. The Labute approximate surface area is 117 Å². The second kappa shape index (κ2) is 5.57. The maximum absolute atomic E-state index is 11.9. The summed E-state index contributed by atoms with van der Waals surface area (Å²) in [6.45, 7) is 0.753. The summed E-state index contributed by atoms with van der Waals surface area (Å²) in [7, 11) is 4.90. The Bertz CT molecular complexity index is 493. The van der Waals surface area contributed by atoms with Gasteiger partial charge in [0, 0.05) is 19.7 Å². The number of likely N-dealkylation sites (tertiary alicyclic amines) is 1. The SMILES string of the molecule is COc1cc(OC)c(NC2CCN(C)C2=O)cc1Cl. The number of nitrogens with one attached hydrogen (secondary N) is 1. The van der Waals surface area contributed by atoms with Gasteiger partial charge in [0.2, 0.25) is 5.91 Å². The van der Waals surface area contributed by atoms with Gasteiger partial charge < -0.3 is 19.7 Å². The molecule has 5 nitrogen and oxygen atoms in total. The number of methoxy groups -OCH3 is 2. The van der Waals surface area contributed by atoms with Crippen molar-refractivity contribution in [2.24, 2.45) is 0 Å². The van der Waals surface area contributed by atoms with Crippen molar-refractivity contribution in [1.82, 2.24) is 4.90 Å². The van der Waals surface area contributed by atoms with E-state index in [-0.39, 0.29) is 11.9 Å². The predicted molar refractivity (Wildman–Crippen MR) is 74.2 cm³/mol. The van der Waals surface area contributed by atoms with Crippen LogP contribution in [0.25, 0.3) is 0 Å². The Balaban J connectivity index is 2.25. The van der Waals surface area contributed by atoms with Crippen LogP contribution in [-0.4, -0.2) is 44.7 Å². The van der Waals surface area contributed by atoms with E-state index in [9.17, 15) is 4.79 Å². The Morgan fingerprint density at radius 1 is 1.32 bits per heavy atom. The minimum Gasteiger partial charge on any atom is -0.495 e. The topological polar surface area (TPSA) is 50.8 Å². The molecule has 0 saturated carbocycles. The van der Waals surface area contributed by atoms with Gasteiger partial charge in [-0.3, -0.25) is 4.79 Å². The van der Waals surface area contributed by atoms with Crippen LogP contribution in [0.1, 0.15) is 6.42 Å². The zero-order chi connectivity index (χ0) is 14.0. The molecule has 6 heteroatoms. The van der Waals surface area contributed by atoms with E-state index < -0.39 is 0 Å². The second-order valence-corrected chi connectivity index (χ2v) is 4.84. The van der Waals surface area contributed by atoms with Crippen molar-refractivity contribution in [3.05, 3.63) is 17.2 Å². The highest BCUT2D eigenvalue weighted by molar-refractivity contribution is 6.32. The number of anilines is 1. The quantitative estimate of drug-likeness (QED) is 0.919. The highest BCUT2D eigenvalue weighted by atomic mass is 35.5. The molecule has 1 heterocycles. The molecule has 2 rings (SSSR count). The highest BCUT2D eigenvalue weighted by Crippen LogP contribution is 2.36. The summed E-state index contributed by atoms with van der Waals surface area (Å²) < 4.78 is 10.4. The average Bonchev–Trinajstić information content (AvgIpc) is 2.71. The molecule has 1 aliphatic rings. The van der Waals surface area contributed by atoms with Gasteiger partial charge in [0.05, 0.1) is 24.9 Å². The summed E-state index contributed by atoms with van der Waals surface area (Å²) in [6.07, 6.45) is 0.766. The smallest absolute Gasteiger partial charge is 0.244 e. The summed E-state index contributed by atoms with van der Waals surface area (Å²) in [6, 6.07) is 3.18. The van der Waals surface area contributed by atoms with Crippen LogP contribution in [0.15, 0.2) is 12.1 Å². The summed E-state index contributed by atoms with van der Waals surface area (Å²) >= 11 is 6.09. The Hall–Kier alpha value is -1.62. The Kier molecular flexibility index (Phi) is 4.04. The van der Waals surface area contributed by atoms with Crippen LogP contribution in [0.2, 0.25) is 5.02 Å². The Morgan fingerprint density at radius 2 is 2.00 bits per heavy atom. The summed E-state index contributed by atoms with van der Waals surface area (Å²) in [5, 5.41) is 3.65. The predicted octanol–water partition coefficient (Wildman–Crippen LogP) is 2.00. The molecular weight excluding hydrogens is 268 g/mol. The molecule has 1 aliphatic heterocycles. The number of likely N-dealkylation sites (N-methyl/N-ethyl adjacent to an activating group) is 1. The van der Waals surface area contributed by atoms with E-state index in [2.05, 4.69) is 5.32 Å². The van der Waals surface area contributed by atoms with Crippen molar-refractivity contribution < 1.29 is 14.3 Å². The van der Waals surface area contributed by atoms with Crippen molar-refractivity contribution in [3.63, 3.8) is 0 Å².